The smallest absolute Gasteiger partial charge is 0.217 e. The summed E-state index contributed by atoms with van der Waals surface area (Å²) in [5.74, 6) is 0. The molecule has 4 aromatic rings. The van der Waals surface area contributed by atoms with Crippen molar-refractivity contribution in [2.45, 2.75) is 58.3 Å². The summed E-state index contributed by atoms with van der Waals surface area (Å²) in [7, 11) is 2.07. The van der Waals surface area contributed by atoms with Crippen molar-refractivity contribution in [1.29, 1.82) is 0 Å². The van der Waals surface area contributed by atoms with E-state index in [0.717, 1.165) is 33.5 Å². The van der Waals surface area contributed by atoms with E-state index in [4.69, 9.17) is 9.40 Å². The Hall–Kier alpha value is -2.68. The first-order valence-electron chi connectivity index (χ1n) is 10.5. The zero-order valence-corrected chi connectivity index (χ0v) is 18.3. The van der Waals surface area contributed by atoms with Gasteiger partial charge in [-0.15, -0.1) is 0 Å². The normalized spacial score (nSPS) is 17.6. The number of pyridine rings is 2. The topological polar surface area (TPSA) is 29.9 Å². The Morgan fingerprint density at radius 3 is 2.52 bits per heavy atom. The fourth-order valence-corrected chi connectivity index (χ4v) is 5.15. The third-order valence-electron chi connectivity index (χ3n) is 6.96. The van der Waals surface area contributed by atoms with Gasteiger partial charge in [0.15, 0.2) is 11.8 Å². The van der Waals surface area contributed by atoms with Crippen molar-refractivity contribution in [1.82, 2.24) is 4.98 Å². The molecular weight excluding hydrogens is 356 g/mol. The highest BCUT2D eigenvalue weighted by atomic mass is 16.3. The first-order valence-corrected chi connectivity index (χ1v) is 10.5. The Kier molecular flexibility index (Phi) is 3.74. The van der Waals surface area contributed by atoms with Gasteiger partial charge in [0.25, 0.3) is 0 Å². The van der Waals surface area contributed by atoms with Gasteiger partial charge in [0.05, 0.1) is 5.69 Å². The van der Waals surface area contributed by atoms with Crippen LogP contribution in [0.15, 0.2) is 47.1 Å². The molecule has 3 nitrogen and oxygen atoms in total. The van der Waals surface area contributed by atoms with Gasteiger partial charge in [-0.2, -0.15) is 0 Å². The fourth-order valence-electron chi connectivity index (χ4n) is 5.15. The molecule has 1 aliphatic rings. The molecule has 0 spiro atoms. The first-order chi connectivity index (χ1) is 13.7. The molecule has 0 unspecified atom stereocenters. The van der Waals surface area contributed by atoms with Gasteiger partial charge in [-0.25, -0.2) is 4.57 Å². The lowest BCUT2D eigenvalue weighted by Crippen LogP contribution is -2.33. The molecule has 0 bridgehead atoms. The van der Waals surface area contributed by atoms with Gasteiger partial charge in [0.1, 0.15) is 18.2 Å². The molecule has 5 rings (SSSR count). The van der Waals surface area contributed by atoms with Crippen LogP contribution in [-0.4, -0.2) is 4.98 Å². The van der Waals surface area contributed by atoms with E-state index in [0.29, 0.717) is 0 Å². The molecule has 3 heteroatoms. The van der Waals surface area contributed by atoms with Crippen LogP contribution in [0.4, 0.5) is 0 Å². The van der Waals surface area contributed by atoms with Crippen molar-refractivity contribution in [3.63, 3.8) is 0 Å². The average Bonchev–Trinajstić information content (AvgIpc) is 3.04. The summed E-state index contributed by atoms with van der Waals surface area (Å²) in [5.41, 5.74) is 8.30. The standard InChI is InChI=1S/C26H29N2O/c1-16-21(19-9-7-8-14-28(19)6)24-17(15-27-16)22-20(29-24)11-10-18-23(22)26(4,5)13-12-25(18,2)3/h7-11,14-15H,12-13H2,1-6H3/q+1. The third-order valence-corrected chi connectivity index (χ3v) is 6.96. The predicted octanol–water partition coefficient (Wildman–Crippen LogP) is 6.13. The van der Waals surface area contributed by atoms with Crippen LogP contribution in [0.1, 0.15) is 57.4 Å². The average molecular weight is 386 g/mol. The van der Waals surface area contributed by atoms with Crippen molar-refractivity contribution in [2.75, 3.05) is 0 Å². The number of furan rings is 1. The van der Waals surface area contributed by atoms with E-state index in [-0.39, 0.29) is 10.8 Å². The van der Waals surface area contributed by atoms with Crippen molar-refractivity contribution < 1.29 is 8.98 Å². The lowest BCUT2D eigenvalue weighted by Gasteiger charge is -2.42. The summed E-state index contributed by atoms with van der Waals surface area (Å²) < 4.78 is 8.69. The van der Waals surface area contributed by atoms with E-state index in [2.05, 4.69) is 76.7 Å². The van der Waals surface area contributed by atoms with Gasteiger partial charge in [0.2, 0.25) is 5.69 Å². The Bertz CT molecular complexity index is 1280. The quantitative estimate of drug-likeness (QED) is 0.369. The van der Waals surface area contributed by atoms with Crippen LogP contribution in [0.5, 0.6) is 0 Å². The Balaban J connectivity index is 1.95. The molecular formula is C26H29N2O+. The molecule has 3 heterocycles. The molecule has 0 radical (unpaired) electrons. The van der Waals surface area contributed by atoms with Crippen molar-refractivity contribution >= 4 is 21.9 Å². The van der Waals surface area contributed by atoms with Gasteiger partial charge in [-0.05, 0) is 53.9 Å². The molecule has 0 N–H and O–H groups in total. The second-order valence-corrected chi connectivity index (χ2v) is 9.89. The van der Waals surface area contributed by atoms with Crippen LogP contribution in [0, 0.1) is 6.92 Å². The SMILES string of the molecule is Cc1ncc2c(oc3ccc4c(c32)C(C)(C)CCC4(C)C)c1-c1cccc[n+]1C. The summed E-state index contributed by atoms with van der Waals surface area (Å²) in [6.45, 7) is 11.6. The third kappa shape index (κ3) is 2.56. The van der Waals surface area contributed by atoms with Crippen LogP contribution < -0.4 is 4.57 Å². The van der Waals surface area contributed by atoms with E-state index >= 15 is 0 Å². The van der Waals surface area contributed by atoms with Crippen LogP contribution in [0.25, 0.3) is 33.2 Å². The molecule has 1 aromatic carbocycles. The summed E-state index contributed by atoms with van der Waals surface area (Å²) in [6, 6.07) is 10.7. The number of hydrogen-bond acceptors (Lipinski definition) is 2. The number of aromatic nitrogens is 2. The monoisotopic (exact) mass is 385 g/mol. The maximum Gasteiger partial charge on any atom is 0.217 e. The van der Waals surface area contributed by atoms with Crippen LogP contribution >= 0.6 is 0 Å². The van der Waals surface area contributed by atoms with Crippen molar-refractivity contribution in [3.05, 3.63) is 59.5 Å². The number of nitrogens with zero attached hydrogens (tertiary/aromatic N) is 2. The fraction of sp³-hybridized carbons (Fsp3) is 0.385. The molecule has 148 valence electrons. The molecule has 0 amide bonds. The molecule has 0 aliphatic heterocycles. The maximum absolute atomic E-state index is 6.55. The van der Waals surface area contributed by atoms with Gasteiger partial charge in [-0.3, -0.25) is 4.98 Å². The minimum atomic E-state index is 0.115. The zero-order chi connectivity index (χ0) is 20.6. The number of rotatable bonds is 1. The first kappa shape index (κ1) is 18.4. The van der Waals surface area contributed by atoms with Crippen LogP contribution in [0.3, 0.4) is 0 Å². The molecule has 0 fully saturated rings. The summed E-state index contributed by atoms with van der Waals surface area (Å²) in [6.07, 6.45) is 6.47. The van der Waals surface area contributed by atoms with E-state index in [9.17, 15) is 0 Å². The second kappa shape index (κ2) is 5.91. The van der Waals surface area contributed by atoms with Gasteiger partial charge < -0.3 is 4.42 Å². The lowest BCUT2D eigenvalue weighted by atomic mass is 9.62. The molecule has 0 saturated carbocycles. The summed E-state index contributed by atoms with van der Waals surface area (Å²) >= 11 is 0. The van der Waals surface area contributed by atoms with E-state index in [1.807, 2.05) is 12.3 Å². The minimum Gasteiger partial charge on any atom is -0.455 e. The molecule has 3 aromatic heterocycles. The van der Waals surface area contributed by atoms with Crippen LogP contribution in [0.2, 0.25) is 0 Å². The Morgan fingerprint density at radius 2 is 1.76 bits per heavy atom. The lowest BCUT2D eigenvalue weighted by molar-refractivity contribution is -0.660. The maximum atomic E-state index is 6.55. The molecule has 0 saturated heterocycles. The van der Waals surface area contributed by atoms with E-state index in [1.165, 1.54) is 29.4 Å². The van der Waals surface area contributed by atoms with Crippen molar-refractivity contribution in [3.8, 4) is 11.3 Å². The number of benzene rings is 1. The summed E-state index contributed by atoms with van der Waals surface area (Å²) in [4.78, 5) is 4.81. The summed E-state index contributed by atoms with van der Waals surface area (Å²) in [5, 5.41) is 2.38. The predicted molar refractivity (Wildman–Crippen MR) is 118 cm³/mol. The van der Waals surface area contributed by atoms with Gasteiger partial charge >= 0.3 is 0 Å². The van der Waals surface area contributed by atoms with Crippen LogP contribution in [-0.2, 0) is 17.9 Å². The van der Waals surface area contributed by atoms with Crippen molar-refractivity contribution in [2.24, 2.45) is 7.05 Å². The number of fused-ring (bicyclic) bond motifs is 5. The minimum absolute atomic E-state index is 0.115. The Labute approximate surface area is 172 Å². The Morgan fingerprint density at radius 1 is 1.00 bits per heavy atom. The van der Waals surface area contributed by atoms with E-state index < -0.39 is 0 Å². The van der Waals surface area contributed by atoms with Gasteiger partial charge in [-0.1, -0.05) is 33.8 Å². The number of hydrogen-bond donors (Lipinski definition) is 0. The van der Waals surface area contributed by atoms with E-state index in [1.54, 1.807) is 0 Å². The molecule has 29 heavy (non-hydrogen) atoms. The molecule has 0 atom stereocenters. The highest BCUT2D eigenvalue weighted by Gasteiger charge is 2.39. The van der Waals surface area contributed by atoms with Gasteiger partial charge in [0, 0.05) is 29.1 Å². The molecule has 1 aliphatic carbocycles. The highest BCUT2D eigenvalue weighted by molar-refractivity contribution is 6.11. The second-order valence-electron chi connectivity index (χ2n) is 9.89. The number of aryl methyl sites for hydroxylation is 2. The zero-order valence-electron chi connectivity index (χ0n) is 18.3. The largest absolute Gasteiger partial charge is 0.455 e. The highest BCUT2D eigenvalue weighted by Crippen LogP contribution is 2.50.